The van der Waals surface area contributed by atoms with Gasteiger partial charge in [0, 0.05) is 76.1 Å². The third kappa shape index (κ3) is 12.6. The zero-order valence-electron chi connectivity index (χ0n) is 56.9. The highest BCUT2D eigenvalue weighted by Crippen LogP contribution is 2.44. The molecule has 18 aromatic rings. The summed E-state index contributed by atoms with van der Waals surface area (Å²) in [6.45, 7) is 0. The van der Waals surface area contributed by atoms with E-state index < -0.39 is 0 Å². The summed E-state index contributed by atoms with van der Waals surface area (Å²) in [5.74, 6) is 0. The van der Waals surface area contributed by atoms with Gasteiger partial charge >= 0.3 is 0 Å². The number of hydrogen-bond donors (Lipinski definition) is 0. The zero-order valence-corrected chi connectivity index (χ0v) is 56.9. The van der Waals surface area contributed by atoms with Gasteiger partial charge in [-0.25, -0.2) is 0 Å². The molecule has 4 heteroatoms. The van der Waals surface area contributed by atoms with E-state index in [4.69, 9.17) is 0 Å². The van der Waals surface area contributed by atoms with Crippen LogP contribution in [0.4, 0.5) is 56.9 Å². The smallest absolute Gasteiger partial charge is 0.0567 e. The van der Waals surface area contributed by atoms with Crippen molar-refractivity contribution in [3.05, 3.63) is 400 Å². The third-order valence-electron chi connectivity index (χ3n) is 20.0. The van der Waals surface area contributed by atoms with Crippen LogP contribution in [0.25, 0.3) is 109 Å². The van der Waals surface area contributed by atoms with Crippen molar-refractivity contribution in [3.63, 3.8) is 0 Å². The summed E-state index contributed by atoms with van der Waals surface area (Å²) in [5, 5.41) is 15.0. The van der Waals surface area contributed by atoms with Gasteiger partial charge in [-0.15, -0.1) is 0 Å². The molecule has 0 unspecified atom stereocenters. The first-order valence-electron chi connectivity index (χ1n) is 35.0. The van der Waals surface area contributed by atoms with Crippen molar-refractivity contribution in [3.8, 4) is 44.5 Å². The quantitative estimate of drug-likeness (QED) is 0.101. The van der Waals surface area contributed by atoms with Crippen LogP contribution in [0.2, 0.25) is 0 Å². The Labute approximate surface area is 596 Å². The second-order valence-corrected chi connectivity index (χ2v) is 26.3. The predicted molar refractivity (Wildman–Crippen MR) is 438 cm³/mol. The van der Waals surface area contributed by atoms with Crippen molar-refractivity contribution in [2.24, 2.45) is 0 Å². The molecular formula is C98H72N4. The summed E-state index contributed by atoms with van der Waals surface area (Å²) < 4.78 is 0. The Balaban J connectivity index is 0.000000152. The minimum atomic E-state index is 1.11. The predicted octanol–water partition coefficient (Wildman–Crippen LogP) is 27.4. The summed E-state index contributed by atoms with van der Waals surface area (Å²) in [4.78, 5) is 9.29. The van der Waals surface area contributed by atoms with Crippen molar-refractivity contribution in [1.82, 2.24) is 0 Å². The fourth-order valence-corrected chi connectivity index (χ4v) is 14.6. The van der Waals surface area contributed by atoms with Crippen molar-refractivity contribution in [2.75, 3.05) is 33.7 Å². The lowest BCUT2D eigenvalue weighted by Crippen LogP contribution is -2.10. The molecule has 102 heavy (non-hydrogen) atoms. The SMILES string of the molecule is CN(c1ccc(-c2ccc(N(c3cccc(-c4ccccc4)c3)c3ccc4ccccc4c3)cc2)cc1)c1c2ccccc2cc2ccccc12.CN(c1ccc(-c2ccc(N(c3cccc(-c4ccccc4)c3)c3ccc4ccccc4c3)cc2)cc1)c1ccc2cc3ccccc3cc2c1. The van der Waals surface area contributed by atoms with Gasteiger partial charge in [0.25, 0.3) is 0 Å². The van der Waals surface area contributed by atoms with E-state index in [2.05, 4.69) is 434 Å². The maximum Gasteiger partial charge on any atom is 0.0567 e. The van der Waals surface area contributed by atoms with Gasteiger partial charge in [-0.3, -0.25) is 0 Å². The first kappa shape index (κ1) is 62.3. The van der Waals surface area contributed by atoms with Gasteiger partial charge in [-0.1, -0.05) is 273 Å². The van der Waals surface area contributed by atoms with E-state index in [0.717, 1.165) is 45.5 Å². The Morgan fingerprint density at radius 1 is 0.147 bits per heavy atom. The lowest BCUT2D eigenvalue weighted by molar-refractivity contribution is 1.21. The van der Waals surface area contributed by atoms with Gasteiger partial charge in [0.05, 0.1) is 5.69 Å². The fourth-order valence-electron chi connectivity index (χ4n) is 14.6. The molecule has 4 nitrogen and oxygen atoms in total. The summed E-state index contributed by atoms with van der Waals surface area (Å²) in [6, 6.07) is 145. The monoisotopic (exact) mass is 1300 g/mol. The molecule has 484 valence electrons. The second-order valence-electron chi connectivity index (χ2n) is 26.3. The average Bonchev–Trinajstić information content (AvgIpc) is 0.773. The van der Waals surface area contributed by atoms with E-state index in [1.807, 2.05) is 0 Å². The van der Waals surface area contributed by atoms with Crippen molar-refractivity contribution < 1.29 is 0 Å². The van der Waals surface area contributed by atoms with Crippen LogP contribution in [-0.2, 0) is 0 Å². The highest BCUT2D eigenvalue weighted by atomic mass is 15.1. The molecule has 18 aromatic carbocycles. The van der Waals surface area contributed by atoms with Crippen LogP contribution in [0.3, 0.4) is 0 Å². The second kappa shape index (κ2) is 27.6. The molecule has 18 rings (SSSR count). The van der Waals surface area contributed by atoms with Crippen molar-refractivity contribution in [1.29, 1.82) is 0 Å². The maximum absolute atomic E-state index is 2.36. The van der Waals surface area contributed by atoms with Crippen molar-refractivity contribution >= 4 is 122 Å². The number of anilines is 10. The van der Waals surface area contributed by atoms with Crippen LogP contribution in [0, 0.1) is 0 Å². The lowest BCUT2D eigenvalue weighted by atomic mass is 9.99. The molecule has 0 aliphatic heterocycles. The molecule has 0 bridgehead atoms. The molecule has 0 heterocycles. The molecule has 0 saturated heterocycles. The maximum atomic E-state index is 2.36. The highest BCUT2D eigenvalue weighted by molar-refractivity contribution is 6.12. The van der Waals surface area contributed by atoms with Gasteiger partial charge in [-0.05, 0) is 226 Å². The molecular weight excluding hydrogens is 1230 g/mol. The van der Waals surface area contributed by atoms with Crippen LogP contribution in [0.5, 0.6) is 0 Å². The normalized spacial score (nSPS) is 11.2. The molecule has 0 aliphatic carbocycles. The van der Waals surface area contributed by atoms with Crippen LogP contribution in [0.1, 0.15) is 0 Å². The van der Waals surface area contributed by atoms with E-state index >= 15 is 0 Å². The van der Waals surface area contributed by atoms with Crippen LogP contribution < -0.4 is 19.6 Å². The van der Waals surface area contributed by atoms with E-state index in [0.29, 0.717) is 0 Å². The van der Waals surface area contributed by atoms with Gasteiger partial charge < -0.3 is 19.6 Å². The number of rotatable bonds is 14. The minimum Gasteiger partial charge on any atom is -0.345 e. The average molecular weight is 1310 g/mol. The Hall–Kier alpha value is -13.3. The third-order valence-corrected chi connectivity index (χ3v) is 20.0. The first-order valence-corrected chi connectivity index (χ1v) is 35.0. The summed E-state index contributed by atoms with van der Waals surface area (Å²) >= 11 is 0. The van der Waals surface area contributed by atoms with E-state index in [1.54, 1.807) is 0 Å². The van der Waals surface area contributed by atoms with Crippen LogP contribution in [0.15, 0.2) is 400 Å². The Bertz CT molecular complexity index is 5980. The first-order chi connectivity index (χ1) is 50.3. The van der Waals surface area contributed by atoms with Gasteiger partial charge in [0.15, 0.2) is 0 Å². The Kier molecular flexibility index (Phi) is 16.8. The Morgan fingerprint density at radius 2 is 0.422 bits per heavy atom. The van der Waals surface area contributed by atoms with Crippen LogP contribution in [-0.4, -0.2) is 14.1 Å². The molecule has 0 aromatic heterocycles. The molecule has 0 fully saturated rings. The Morgan fingerprint density at radius 3 is 0.863 bits per heavy atom. The molecule has 0 amide bonds. The number of fused-ring (bicyclic) bond motifs is 6. The van der Waals surface area contributed by atoms with Gasteiger partial charge in [0.2, 0.25) is 0 Å². The zero-order chi connectivity index (χ0) is 68.3. The molecule has 0 radical (unpaired) electrons. The molecule has 0 N–H and O–H groups in total. The standard InChI is InChI=1S/2C49H36N2/c1-50(49-47-20-9-7-16-41(47)32-42-17-8-10-21-48(42)49)43-27-22-37(23-28-43)38-24-29-44(30-25-38)51(46-31-26-36-14-5-6-15-39(36)34-46)45-19-11-18-40(33-45)35-12-3-2-4-13-35;1-50(47-28-23-43-30-39-13-7-8-14-40(39)31-44(43)34-47)45-24-18-37(19-25-45)38-20-26-46(27-21-38)51(49-29-22-36-12-5-6-15-41(36)33-49)48-17-9-16-42(32-48)35-10-3-2-4-11-35/h2*2-34H,1H3. The minimum absolute atomic E-state index is 1.11. The molecule has 0 spiro atoms. The van der Waals surface area contributed by atoms with E-state index in [9.17, 15) is 0 Å². The van der Waals surface area contributed by atoms with Gasteiger partial charge in [-0.2, -0.15) is 0 Å². The van der Waals surface area contributed by atoms with Crippen molar-refractivity contribution in [2.45, 2.75) is 0 Å². The summed E-state index contributed by atoms with van der Waals surface area (Å²) in [5.41, 5.74) is 20.9. The molecule has 0 atom stereocenters. The van der Waals surface area contributed by atoms with E-state index in [1.165, 1.54) is 121 Å². The fraction of sp³-hybridized carbons (Fsp3) is 0.0204. The summed E-state index contributed by atoms with van der Waals surface area (Å²) in [7, 11) is 4.31. The molecule has 0 saturated carbocycles. The number of benzene rings is 18. The number of nitrogens with zero attached hydrogens (tertiary/aromatic N) is 4. The molecule has 0 aliphatic rings. The lowest BCUT2D eigenvalue weighted by Gasteiger charge is -2.26. The largest absolute Gasteiger partial charge is 0.345 e. The topological polar surface area (TPSA) is 13.0 Å². The number of hydrogen-bond acceptors (Lipinski definition) is 4. The van der Waals surface area contributed by atoms with Crippen LogP contribution >= 0.6 is 0 Å². The summed E-state index contributed by atoms with van der Waals surface area (Å²) in [6.07, 6.45) is 0. The van der Waals surface area contributed by atoms with Gasteiger partial charge in [0.1, 0.15) is 0 Å². The van der Waals surface area contributed by atoms with E-state index in [-0.39, 0.29) is 0 Å². The highest BCUT2D eigenvalue weighted by Gasteiger charge is 2.19.